The predicted octanol–water partition coefficient (Wildman–Crippen LogP) is 1.20. The number of rotatable bonds is 2. The molecule has 132 valence electrons. The lowest BCUT2D eigenvalue weighted by Gasteiger charge is -2.03. The number of nitrogens with zero attached hydrogens (tertiary/aromatic N) is 3. The predicted molar refractivity (Wildman–Crippen MR) is 103 cm³/mol. The van der Waals surface area contributed by atoms with Gasteiger partial charge in [0, 0.05) is 5.69 Å². The van der Waals surface area contributed by atoms with Crippen molar-refractivity contribution in [1.29, 1.82) is 10.7 Å². The van der Waals surface area contributed by atoms with Crippen LogP contribution in [0.5, 0.6) is 0 Å². The number of benzene rings is 2. The second kappa shape index (κ2) is 6.48. The molecule has 0 fully saturated rings. The van der Waals surface area contributed by atoms with Crippen LogP contribution in [-0.4, -0.2) is 19.6 Å². The Balaban J connectivity index is 2.16. The highest BCUT2D eigenvalue weighted by atomic mass is 32.1. The smallest absolute Gasteiger partial charge is 0.203 e. The standard InChI is InChI=1S/C19H14N6OS/c20-10-12(18-23-13-8-4-5-9-14(13)24-18)19-25(11-6-2-1-3-7-11)16(21)15(27-19)17(22)26/h1-9,21,26H,22H2,(H,23,24)/b17-15+,19-12-,21-16?. The van der Waals surface area contributed by atoms with Crippen molar-refractivity contribution >= 4 is 33.8 Å². The number of nitrogens with two attached hydrogens (primary N) is 1. The van der Waals surface area contributed by atoms with Gasteiger partial charge >= 0.3 is 0 Å². The van der Waals surface area contributed by atoms with E-state index in [0.717, 1.165) is 22.4 Å². The quantitative estimate of drug-likeness (QED) is 0.420. The number of hydrogen-bond acceptors (Lipinski definition) is 6. The number of nitriles is 1. The molecular formula is C19H14N6OS. The normalized spacial score (nSPS) is 13.3. The van der Waals surface area contributed by atoms with Gasteiger partial charge in [0.1, 0.15) is 20.8 Å². The number of thiazole rings is 1. The van der Waals surface area contributed by atoms with Gasteiger partial charge in [0.25, 0.3) is 0 Å². The van der Waals surface area contributed by atoms with E-state index in [1.54, 1.807) is 4.57 Å². The molecule has 27 heavy (non-hydrogen) atoms. The number of imidazole rings is 1. The number of H-pyrrole nitrogens is 1. The van der Waals surface area contributed by atoms with Gasteiger partial charge in [-0.05, 0) is 24.3 Å². The Hall–Kier alpha value is -3.83. The first-order valence-corrected chi connectivity index (χ1v) is 8.82. The molecule has 2 heterocycles. The van der Waals surface area contributed by atoms with Crippen LogP contribution >= 0.6 is 11.3 Å². The molecular weight excluding hydrogens is 360 g/mol. The first-order chi connectivity index (χ1) is 13.1. The van der Waals surface area contributed by atoms with E-state index in [-0.39, 0.29) is 15.6 Å². The first kappa shape index (κ1) is 16.6. The third kappa shape index (κ3) is 2.76. The number of aliphatic hydroxyl groups excluding tert-OH is 1. The van der Waals surface area contributed by atoms with Crippen LogP contribution < -0.4 is 20.4 Å². The van der Waals surface area contributed by atoms with Crippen molar-refractivity contribution in [3.8, 4) is 11.8 Å². The molecule has 4 rings (SSSR count). The molecule has 0 saturated carbocycles. The molecule has 0 radical (unpaired) electrons. The van der Waals surface area contributed by atoms with Gasteiger partial charge in [-0.15, -0.1) is 11.3 Å². The maximum atomic E-state index is 9.85. The molecule has 0 unspecified atom stereocenters. The second-order valence-corrected chi connectivity index (χ2v) is 6.73. The Kier molecular flexibility index (Phi) is 3.99. The summed E-state index contributed by atoms with van der Waals surface area (Å²) in [6.07, 6.45) is 0. The monoisotopic (exact) mass is 374 g/mol. The molecule has 7 nitrogen and oxygen atoms in total. The van der Waals surface area contributed by atoms with Crippen molar-refractivity contribution < 1.29 is 5.11 Å². The van der Waals surface area contributed by atoms with Crippen molar-refractivity contribution in [2.45, 2.75) is 0 Å². The Morgan fingerprint density at radius 3 is 2.56 bits per heavy atom. The SMILES string of the molecule is N#C/C(c1nc2ccccc2[nH]1)=c1/s/c(=C(\N)O)c(=N)n1-c1ccccc1. The largest absolute Gasteiger partial charge is 0.494 e. The van der Waals surface area contributed by atoms with Crippen LogP contribution in [0, 0.1) is 16.7 Å². The lowest BCUT2D eigenvalue weighted by molar-refractivity contribution is 0.493. The third-order valence-corrected chi connectivity index (χ3v) is 5.23. The zero-order valence-corrected chi connectivity index (χ0v) is 14.8. The maximum Gasteiger partial charge on any atom is 0.203 e. The summed E-state index contributed by atoms with van der Waals surface area (Å²) < 4.78 is 2.23. The summed E-state index contributed by atoms with van der Waals surface area (Å²) in [5.74, 6) is -0.0597. The summed E-state index contributed by atoms with van der Waals surface area (Å²) >= 11 is 1.07. The molecule has 0 saturated heterocycles. The zero-order valence-electron chi connectivity index (χ0n) is 14.0. The van der Waals surface area contributed by atoms with Gasteiger partial charge in [-0.2, -0.15) is 5.26 Å². The highest BCUT2D eigenvalue weighted by Gasteiger charge is 2.15. The zero-order chi connectivity index (χ0) is 19.0. The van der Waals surface area contributed by atoms with E-state index in [2.05, 4.69) is 16.0 Å². The third-order valence-electron chi connectivity index (χ3n) is 4.04. The molecule has 0 bridgehead atoms. The highest BCUT2D eigenvalue weighted by Crippen LogP contribution is 2.15. The fourth-order valence-electron chi connectivity index (χ4n) is 2.83. The topological polar surface area (TPSA) is 128 Å². The number of para-hydroxylation sites is 3. The van der Waals surface area contributed by atoms with Gasteiger partial charge in [-0.25, -0.2) is 4.98 Å². The summed E-state index contributed by atoms with van der Waals surface area (Å²) in [6.45, 7) is 0. The lowest BCUT2D eigenvalue weighted by Crippen LogP contribution is -2.33. The Bertz CT molecular complexity index is 1330. The van der Waals surface area contributed by atoms with Crippen molar-refractivity contribution in [3.05, 3.63) is 75.1 Å². The summed E-state index contributed by atoms with van der Waals surface area (Å²) in [5, 5.41) is 28.1. The number of hydrogen-bond donors (Lipinski definition) is 4. The molecule has 0 aliphatic carbocycles. The van der Waals surface area contributed by atoms with Gasteiger partial charge in [-0.3, -0.25) is 9.98 Å². The van der Waals surface area contributed by atoms with Crippen LogP contribution in [0.15, 0.2) is 54.6 Å². The minimum Gasteiger partial charge on any atom is -0.494 e. The molecule has 8 heteroatoms. The van der Waals surface area contributed by atoms with Crippen molar-refractivity contribution in [3.63, 3.8) is 0 Å². The van der Waals surface area contributed by atoms with Crippen LogP contribution in [0.2, 0.25) is 0 Å². The van der Waals surface area contributed by atoms with E-state index in [9.17, 15) is 10.4 Å². The number of nitrogens with one attached hydrogen (secondary N) is 2. The van der Waals surface area contributed by atoms with Crippen molar-refractivity contribution in [2.24, 2.45) is 5.73 Å². The first-order valence-electron chi connectivity index (χ1n) is 8.00. The molecule has 4 aromatic rings. The average Bonchev–Trinajstić information content (AvgIpc) is 3.24. The maximum absolute atomic E-state index is 9.85. The lowest BCUT2D eigenvalue weighted by atomic mass is 10.3. The van der Waals surface area contributed by atoms with E-state index in [1.165, 1.54) is 0 Å². The van der Waals surface area contributed by atoms with E-state index in [1.807, 2.05) is 54.6 Å². The molecule has 0 aliphatic heterocycles. The second-order valence-electron chi connectivity index (χ2n) is 5.73. The highest BCUT2D eigenvalue weighted by molar-refractivity contribution is 7.07. The van der Waals surface area contributed by atoms with Crippen LogP contribution in [0.1, 0.15) is 5.82 Å². The molecule has 0 amide bonds. The van der Waals surface area contributed by atoms with Crippen LogP contribution in [0.3, 0.4) is 0 Å². The number of fused-ring (bicyclic) bond motifs is 1. The summed E-state index contributed by atoms with van der Waals surface area (Å²) in [5.41, 5.74) is 8.05. The molecule has 5 N–H and O–H groups in total. The number of aromatic amines is 1. The van der Waals surface area contributed by atoms with Crippen LogP contribution in [0.4, 0.5) is 0 Å². The van der Waals surface area contributed by atoms with Crippen LogP contribution in [-0.2, 0) is 0 Å². The molecule has 0 spiro atoms. The number of aliphatic hydroxyl groups is 1. The molecule has 2 aromatic heterocycles. The summed E-state index contributed by atoms with van der Waals surface area (Å²) in [6, 6.07) is 18.8. The van der Waals surface area contributed by atoms with E-state index < -0.39 is 5.88 Å². The fraction of sp³-hybridized carbons (Fsp3) is 0. The van der Waals surface area contributed by atoms with Gasteiger partial charge in [-0.1, -0.05) is 30.3 Å². The average molecular weight is 374 g/mol. The van der Waals surface area contributed by atoms with Crippen LogP contribution in [0.25, 0.3) is 28.2 Å². The van der Waals surface area contributed by atoms with Gasteiger partial charge < -0.3 is 15.8 Å². The van der Waals surface area contributed by atoms with Crippen molar-refractivity contribution in [2.75, 3.05) is 0 Å². The molecule has 0 atom stereocenters. The molecule has 2 aromatic carbocycles. The van der Waals surface area contributed by atoms with Gasteiger partial charge in [0.2, 0.25) is 5.88 Å². The Labute approximate surface area is 157 Å². The Morgan fingerprint density at radius 2 is 1.89 bits per heavy atom. The van der Waals surface area contributed by atoms with Crippen molar-refractivity contribution in [1.82, 2.24) is 14.5 Å². The van der Waals surface area contributed by atoms with E-state index in [4.69, 9.17) is 11.1 Å². The molecule has 0 aliphatic rings. The Morgan fingerprint density at radius 1 is 1.19 bits per heavy atom. The fourth-order valence-corrected chi connectivity index (χ4v) is 3.85. The van der Waals surface area contributed by atoms with Gasteiger partial charge in [0.15, 0.2) is 11.3 Å². The van der Waals surface area contributed by atoms with E-state index >= 15 is 0 Å². The summed E-state index contributed by atoms with van der Waals surface area (Å²) in [4.78, 5) is 7.64. The minimum absolute atomic E-state index is 0.00469. The van der Waals surface area contributed by atoms with E-state index in [0.29, 0.717) is 16.2 Å². The summed E-state index contributed by atoms with van der Waals surface area (Å²) in [7, 11) is 0. The number of aromatic nitrogens is 3. The van der Waals surface area contributed by atoms with Gasteiger partial charge in [0.05, 0.1) is 11.0 Å². The minimum atomic E-state index is -0.456.